The summed E-state index contributed by atoms with van der Waals surface area (Å²) in [5, 5.41) is 6.23. The zero-order valence-corrected chi connectivity index (χ0v) is 20.8. The van der Waals surface area contributed by atoms with Gasteiger partial charge in [-0.3, -0.25) is 9.78 Å². The van der Waals surface area contributed by atoms with Crippen molar-refractivity contribution in [3.05, 3.63) is 48.6 Å². The van der Waals surface area contributed by atoms with Crippen LogP contribution in [0.2, 0.25) is 0 Å². The summed E-state index contributed by atoms with van der Waals surface area (Å²) in [7, 11) is 0. The Morgan fingerprint density at radius 3 is 2.63 bits per heavy atom. The summed E-state index contributed by atoms with van der Waals surface area (Å²) in [6.07, 6.45) is 3.44. The van der Waals surface area contributed by atoms with Crippen LogP contribution in [-0.2, 0) is 9.53 Å². The van der Waals surface area contributed by atoms with Crippen LogP contribution in [0, 0.1) is 29.5 Å². The molecule has 0 aliphatic heterocycles. The Balaban J connectivity index is 1.21. The van der Waals surface area contributed by atoms with Crippen molar-refractivity contribution in [1.82, 2.24) is 15.6 Å². The molecular weight excluding hydrogens is 449 g/mol. The van der Waals surface area contributed by atoms with Gasteiger partial charge < -0.3 is 20.1 Å². The van der Waals surface area contributed by atoms with Crippen molar-refractivity contribution in [2.24, 2.45) is 23.7 Å². The van der Waals surface area contributed by atoms with E-state index in [1.165, 1.54) is 12.1 Å². The molecule has 0 radical (unpaired) electrons. The fourth-order valence-corrected chi connectivity index (χ4v) is 5.21. The van der Waals surface area contributed by atoms with Gasteiger partial charge in [-0.25, -0.2) is 9.18 Å². The molecule has 3 unspecified atom stereocenters. The van der Waals surface area contributed by atoms with Gasteiger partial charge in [0, 0.05) is 36.2 Å². The average molecular weight is 484 g/mol. The summed E-state index contributed by atoms with van der Waals surface area (Å²) < 4.78 is 25.1. The second-order valence-electron chi connectivity index (χ2n) is 10.6. The Morgan fingerprint density at radius 1 is 1.23 bits per heavy atom. The maximum absolute atomic E-state index is 13.7. The molecule has 7 nitrogen and oxygen atoms in total. The minimum absolute atomic E-state index is 0.0419. The Morgan fingerprint density at radius 2 is 1.94 bits per heavy atom. The lowest BCUT2D eigenvalue weighted by molar-refractivity contribution is -0.124. The van der Waals surface area contributed by atoms with E-state index < -0.39 is 11.7 Å². The zero-order valence-electron chi connectivity index (χ0n) is 20.8. The third kappa shape index (κ3) is 6.10. The highest BCUT2D eigenvalue weighted by molar-refractivity contribution is 5.84. The van der Waals surface area contributed by atoms with Crippen LogP contribution in [0.3, 0.4) is 0 Å². The smallest absolute Gasteiger partial charge is 0.407 e. The predicted molar refractivity (Wildman–Crippen MR) is 131 cm³/mol. The van der Waals surface area contributed by atoms with E-state index in [1.54, 1.807) is 39.1 Å². The third-order valence-corrected chi connectivity index (χ3v) is 6.81. The topological polar surface area (TPSA) is 89.6 Å². The van der Waals surface area contributed by atoms with Crippen LogP contribution in [0.15, 0.2) is 42.7 Å². The second-order valence-corrected chi connectivity index (χ2v) is 10.6. The molecule has 2 aromatic rings. The number of amides is 2. The molecule has 2 saturated carbocycles. The van der Waals surface area contributed by atoms with Gasteiger partial charge in [-0.15, -0.1) is 0 Å². The van der Waals surface area contributed by atoms with Gasteiger partial charge in [0.15, 0.2) is 0 Å². The number of aromatic nitrogens is 1. The normalized spacial score (nSPS) is 23.8. The minimum Gasteiger partial charge on any atom is -0.490 e. The Labute approximate surface area is 205 Å². The molecule has 2 amide bonds. The standard InChI is InChI=1S/C27H34FN3O4/c1-15(8-10-30-26(33)35-27(3,4)5)31-25(32)16(2)24-19-13-18(14-20(19)24)34-23-9-11-29-22-7-6-17(28)12-21(22)23/h6-7,9,11-12,16,18-20,24H,1,8,10,13-14H2,2-5H3,(H,30,33)(H,31,32)/t16?,18?,19-,20+,24?. The first-order valence-corrected chi connectivity index (χ1v) is 12.2. The number of pyridine rings is 1. The summed E-state index contributed by atoms with van der Waals surface area (Å²) in [6.45, 7) is 11.6. The largest absolute Gasteiger partial charge is 0.490 e. The molecule has 2 aliphatic carbocycles. The molecule has 5 atom stereocenters. The molecule has 0 saturated heterocycles. The average Bonchev–Trinajstić information content (AvgIpc) is 3.26. The predicted octanol–water partition coefficient (Wildman–Crippen LogP) is 4.96. The number of benzene rings is 1. The number of hydrogen-bond acceptors (Lipinski definition) is 5. The summed E-state index contributed by atoms with van der Waals surface area (Å²) in [6, 6.07) is 6.29. The van der Waals surface area contributed by atoms with Crippen molar-refractivity contribution < 1.29 is 23.5 Å². The molecule has 2 N–H and O–H groups in total. The van der Waals surface area contributed by atoms with Crippen molar-refractivity contribution in [2.75, 3.05) is 6.54 Å². The van der Waals surface area contributed by atoms with Crippen molar-refractivity contribution in [1.29, 1.82) is 0 Å². The molecule has 188 valence electrons. The fourth-order valence-electron chi connectivity index (χ4n) is 5.21. The van der Waals surface area contributed by atoms with Gasteiger partial charge in [0.2, 0.25) is 5.91 Å². The molecule has 1 heterocycles. The first kappa shape index (κ1) is 24.9. The lowest BCUT2D eigenvalue weighted by Gasteiger charge is -2.21. The molecule has 35 heavy (non-hydrogen) atoms. The highest BCUT2D eigenvalue weighted by Gasteiger charge is 2.59. The molecule has 2 fully saturated rings. The van der Waals surface area contributed by atoms with Crippen molar-refractivity contribution in [3.63, 3.8) is 0 Å². The summed E-state index contributed by atoms with van der Waals surface area (Å²) >= 11 is 0. The molecule has 1 aromatic carbocycles. The fraction of sp³-hybridized carbons (Fsp3) is 0.519. The third-order valence-electron chi connectivity index (χ3n) is 6.81. The van der Waals surface area contributed by atoms with Crippen LogP contribution in [0.4, 0.5) is 9.18 Å². The Bertz CT molecular complexity index is 1120. The van der Waals surface area contributed by atoms with Crippen LogP contribution < -0.4 is 15.4 Å². The van der Waals surface area contributed by atoms with Crippen molar-refractivity contribution in [3.8, 4) is 5.75 Å². The minimum atomic E-state index is -0.554. The monoisotopic (exact) mass is 483 g/mol. The highest BCUT2D eigenvalue weighted by atomic mass is 19.1. The van der Waals surface area contributed by atoms with E-state index in [-0.39, 0.29) is 23.7 Å². The summed E-state index contributed by atoms with van der Waals surface area (Å²) in [5.41, 5.74) is 0.722. The quantitative estimate of drug-likeness (QED) is 0.554. The number of alkyl carbamates (subject to hydrolysis) is 1. The van der Waals surface area contributed by atoms with Gasteiger partial charge >= 0.3 is 6.09 Å². The maximum Gasteiger partial charge on any atom is 0.407 e. The van der Waals surface area contributed by atoms with Crippen LogP contribution >= 0.6 is 0 Å². The summed E-state index contributed by atoms with van der Waals surface area (Å²) in [5.74, 6) is 1.40. The van der Waals surface area contributed by atoms with Gasteiger partial charge in [0.1, 0.15) is 17.2 Å². The van der Waals surface area contributed by atoms with Gasteiger partial charge in [0.25, 0.3) is 0 Å². The van der Waals surface area contributed by atoms with Gasteiger partial charge in [-0.1, -0.05) is 13.5 Å². The number of carbonyl (C=O) groups is 2. The molecule has 0 bridgehead atoms. The maximum atomic E-state index is 13.7. The first-order valence-electron chi connectivity index (χ1n) is 12.2. The number of carbonyl (C=O) groups excluding carboxylic acids is 2. The van der Waals surface area contributed by atoms with Crippen LogP contribution in [0.5, 0.6) is 5.75 Å². The van der Waals surface area contributed by atoms with E-state index >= 15 is 0 Å². The number of fused-ring (bicyclic) bond motifs is 2. The lowest BCUT2D eigenvalue weighted by atomic mass is 9.97. The molecular formula is C27H34FN3O4. The highest BCUT2D eigenvalue weighted by Crippen LogP contribution is 2.61. The molecule has 8 heteroatoms. The van der Waals surface area contributed by atoms with Gasteiger partial charge in [-0.2, -0.15) is 0 Å². The Hall–Kier alpha value is -3.16. The van der Waals surface area contributed by atoms with E-state index in [2.05, 4.69) is 22.2 Å². The van der Waals surface area contributed by atoms with Gasteiger partial charge in [-0.05, 0) is 75.6 Å². The Kier molecular flexibility index (Phi) is 7.01. The zero-order chi connectivity index (χ0) is 25.3. The first-order chi connectivity index (χ1) is 16.5. The van der Waals surface area contributed by atoms with Crippen LogP contribution in [-0.4, -0.2) is 35.2 Å². The van der Waals surface area contributed by atoms with E-state index in [9.17, 15) is 14.0 Å². The van der Waals surface area contributed by atoms with Crippen molar-refractivity contribution in [2.45, 2.75) is 58.7 Å². The molecule has 2 aliphatic rings. The number of halogens is 1. The van der Waals surface area contributed by atoms with Crippen LogP contribution in [0.1, 0.15) is 47.0 Å². The van der Waals surface area contributed by atoms with E-state index in [4.69, 9.17) is 9.47 Å². The van der Waals surface area contributed by atoms with E-state index in [1.807, 2.05) is 6.92 Å². The number of rotatable bonds is 8. The number of ether oxygens (including phenoxy) is 2. The van der Waals surface area contributed by atoms with E-state index in [0.717, 1.165) is 12.8 Å². The molecule has 0 spiro atoms. The molecule has 1 aromatic heterocycles. The summed E-state index contributed by atoms with van der Waals surface area (Å²) in [4.78, 5) is 28.7. The molecule has 4 rings (SSSR count). The van der Waals surface area contributed by atoms with Crippen molar-refractivity contribution >= 4 is 22.9 Å². The number of hydrogen-bond donors (Lipinski definition) is 2. The number of nitrogens with zero attached hydrogens (tertiary/aromatic N) is 1. The van der Waals surface area contributed by atoms with Crippen LogP contribution in [0.25, 0.3) is 10.9 Å². The SMILES string of the molecule is C=C(CCNC(=O)OC(C)(C)C)NC(=O)C(C)C1[C@H]2CC(Oc3ccnc4ccc(F)cc34)C[C@@H]12. The van der Waals surface area contributed by atoms with E-state index in [0.29, 0.717) is 53.1 Å². The second kappa shape index (κ2) is 9.84. The lowest BCUT2D eigenvalue weighted by Crippen LogP contribution is -2.35. The van der Waals surface area contributed by atoms with Gasteiger partial charge in [0.05, 0.1) is 11.6 Å². The number of nitrogens with one attached hydrogen (secondary N) is 2.